The molecular formula is C30H58O2. The number of unbranched alkanes of at least 4 members (excludes halogenated alkanes) is 23. The predicted molar refractivity (Wildman–Crippen MR) is 142 cm³/mol. The van der Waals surface area contributed by atoms with Crippen LogP contribution in [0, 0.1) is 0 Å². The lowest BCUT2D eigenvalue weighted by atomic mass is 10.0. The molecule has 0 aliphatic carbocycles. The van der Waals surface area contributed by atoms with E-state index in [9.17, 15) is 4.79 Å². The van der Waals surface area contributed by atoms with E-state index in [2.05, 4.69) is 19.1 Å². The monoisotopic (exact) mass is 450 g/mol. The summed E-state index contributed by atoms with van der Waals surface area (Å²) in [5.74, 6) is -0.653. The van der Waals surface area contributed by atoms with Crippen molar-refractivity contribution in [1.29, 1.82) is 0 Å². The quantitative estimate of drug-likeness (QED) is 0.0997. The summed E-state index contributed by atoms with van der Waals surface area (Å²) in [7, 11) is 0. The van der Waals surface area contributed by atoms with Gasteiger partial charge in [0.25, 0.3) is 0 Å². The standard InChI is InChI=1S/C30H58O2/c1-2-3-4-5-6-7-8-9-10-11-12-13-14-15-16-17-18-19-20-21-22-23-24-25-26-27-28-29-30(31)32/h16-17H,2-15,18-29H2,1H3,(H,31,32). The minimum Gasteiger partial charge on any atom is -0.481 e. The van der Waals surface area contributed by atoms with Crippen LogP contribution >= 0.6 is 0 Å². The highest BCUT2D eigenvalue weighted by atomic mass is 16.4. The number of allylic oxidation sites excluding steroid dienone is 2. The van der Waals surface area contributed by atoms with Crippen LogP contribution in [0.3, 0.4) is 0 Å². The lowest BCUT2D eigenvalue weighted by Crippen LogP contribution is -1.93. The number of carboxylic acids is 1. The van der Waals surface area contributed by atoms with Crippen LogP contribution in [-0.2, 0) is 4.79 Å². The zero-order valence-corrected chi connectivity index (χ0v) is 21.9. The van der Waals surface area contributed by atoms with E-state index in [-0.39, 0.29) is 0 Å². The maximum Gasteiger partial charge on any atom is 0.303 e. The number of carbonyl (C=O) groups is 1. The molecule has 0 rings (SSSR count). The van der Waals surface area contributed by atoms with E-state index in [4.69, 9.17) is 5.11 Å². The second-order valence-electron chi connectivity index (χ2n) is 9.97. The molecule has 0 aromatic carbocycles. The van der Waals surface area contributed by atoms with Gasteiger partial charge in [0.15, 0.2) is 0 Å². The fraction of sp³-hybridized carbons (Fsp3) is 0.900. The summed E-state index contributed by atoms with van der Waals surface area (Å²) in [4.78, 5) is 10.4. The van der Waals surface area contributed by atoms with Gasteiger partial charge in [-0.25, -0.2) is 0 Å². The highest BCUT2D eigenvalue weighted by Gasteiger charge is 1.97. The third kappa shape index (κ3) is 29.2. The molecule has 2 heteroatoms. The van der Waals surface area contributed by atoms with E-state index in [1.807, 2.05) is 0 Å². The third-order valence-electron chi connectivity index (χ3n) is 6.65. The van der Waals surface area contributed by atoms with Crippen molar-refractivity contribution in [3.63, 3.8) is 0 Å². The first-order valence-electron chi connectivity index (χ1n) is 14.6. The molecule has 0 aliphatic rings. The molecule has 0 radical (unpaired) electrons. The summed E-state index contributed by atoms with van der Waals surface area (Å²) < 4.78 is 0. The topological polar surface area (TPSA) is 37.3 Å². The van der Waals surface area contributed by atoms with Crippen LogP contribution in [0.4, 0.5) is 0 Å². The molecule has 0 bridgehead atoms. The van der Waals surface area contributed by atoms with Gasteiger partial charge in [0, 0.05) is 6.42 Å². The fourth-order valence-corrected chi connectivity index (χ4v) is 4.47. The van der Waals surface area contributed by atoms with Crippen molar-refractivity contribution in [2.75, 3.05) is 0 Å². The maximum atomic E-state index is 10.4. The van der Waals surface area contributed by atoms with E-state index in [1.165, 1.54) is 148 Å². The molecule has 0 heterocycles. The summed E-state index contributed by atoms with van der Waals surface area (Å²) in [5, 5.41) is 8.60. The Balaban J connectivity index is 3.08. The Kier molecular flexibility index (Phi) is 27.5. The van der Waals surface area contributed by atoms with Gasteiger partial charge >= 0.3 is 5.97 Å². The number of hydrogen-bond acceptors (Lipinski definition) is 1. The maximum absolute atomic E-state index is 10.4. The Hall–Kier alpha value is -0.790. The molecular weight excluding hydrogens is 392 g/mol. The summed E-state index contributed by atoms with van der Waals surface area (Å²) in [6, 6.07) is 0. The minimum atomic E-state index is -0.653. The zero-order chi connectivity index (χ0) is 23.4. The first-order chi connectivity index (χ1) is 15.8. The van der Waals surface area contributed by atoms with Crippen LogP contribution < -0.4 is 0 Å². The van der Waals surface area contributed by atoms with E-state index in [0.29, 0.717) is 6.42 Å². The van der Waals surface area contributed by atoms with Crippen LogP contribution in [-0.4, -0.2) is 11.1 Å². The molecule has 0 aliphatic heterocycles. The Morgan fingerprint density at radius 3 is 1.06 bits per heavy atom. The molecule has 0 spiro atoms. The van der Waals surface area contributed by atoms with Gasteiger partial charge in [-0.15, -0.1) is 0 Å². The van der Waals surface area contributed by atoms with Crippen molar-refractivity contribution in [3.05, 3.63) is 12.2 Å². The molecule has 0 aromatic rings. The Morgan fingerprint density at radius 2 is 0.750 bits per heavy atom. The Labute approximate surface area is 202 Å². The van der Waals surface area contributed by atoms with E-state index >= 15 is 0 Å². The normalized spacial score (nSPS) is 11.5. The van der Waals surface area contributed by atoms with Gasteiger partial charge in [0.1, 0.15) is 0 Å². The van der Waals surface area contributed by atoms with Crippen molar-refractivity contribution in [3.8, 4) is 0 Å². The molecule has 0 atom stereocenters. The molecule has 0 saturated carbocycles. The molecule has 0 unspecified atom stereocenters. The van der Waals surface area contributed by atoms with Gasteiger partial charge in [0.2, 0.25) is 0 Å². The summed E-state index contributed by atoms with van der Waals surface area (Å²) in [6.07, 6.45) is 39.0. The number of rotatable bonds is 27. The highest BCUT2D eigenvalue weighted by molar-refractivity contribution is 5.66. The Morgan fingerprint density at radius 1 is 0.469 bits per heavy atom. The summed E-state index contributed by atoms with van der Waals surface area (Å²) in [5.41, 5.74) is 0. The molecule has 1 N–H and O–H groups in total. The number of carboxylic acid groups (broad SMARTS) is 1. The fourth-order valence-electron chi connectivity index (χ4n) is 4.47. The lowest BCUT2D eigenvalue weighted by Gasteiger charge is -2.02. The van der Waals surface area contributed by atoms with Crippen molar-refractivity contribution >= 4 is 5.97 Å². The van der Waals surface area contributed by atoms with Crippen LogP contribution in [0.5, 0.6) is 0 Å². The largest absolute Gasteiger partial charge is 0.481 e. The van der Waals surface area contributed by atoms with Crippen molar-refractivity contribution in [2.24, 2.45) is 0 Å². The number of aliphatic carboxylic acids is 1. The smallest absolute Gasteiger partial charge is 0.303 e. The average molecular weight is 451 g/mol. The second-order valence-corrected chi connectivity index (χ2v) is 9.97. The zero-order valence-electron chi connectivity index (χ0n) is 21.9. The van der Waals surface area contributed by atoms with Gasteiger partial charge in [-0.1, -0.05) is 147 Å². The highest BCUT2D eigenvalue weighted by Crippen LogP contribution is 2.14. The molecule has 0 fully saturated rings. The van der Waals surface area contributed by atoms with Crippen molar-refractivity contribution < 1.29 is 9.90 Å². The lowest BCUT2D eigenvalue weighted by molar-refractivity contribution is -0.137. The van der Waals surface area contributed by atoms with Gasteiger partial charge in [-0.2, -0.15) is 0 Å². The van der Waals surface area contributed by atoms with Crippen LogP contribution in [0.25, 0.3) is 0 Å². The summed E-state index contributed by atoms with van der Waals surface area (Å²) in [6.45, 7) is 2.29. The third-order valence-corrected chi connectivity index (χ3v) is 6.65. The molecule has 0 amide bonds. The van der Waals surface area contributed by atoms with Gasteiger partial charge in [0.05, 0.1) is 0 Å². The second kappa shape index (κ2) is 28.2. The molecule has 190 valence electrons. The van der Waals surface area contributed by atoms with Crippen LogP contribution in [0.1, 0.15) is 174 Å². The van der Waals surface area contributed by atoms with Crippen LogP contribution in [0.2, 0.25) is 0 Å². The minimum absolute atomic E-state index is 0.341. The van der Waals surface area contributed by atoms with Gasteiger partial charge < -0.3 is 5.11 Å². The Bertz CT molecular complexity index is 388. The first-order valence-corrected chi connectivity index (χ1v) is 14.6. The van der Waals surface area contributed by atoms with E-state index < -0.39 is 5.97 Å². The molecule has 0 aromatic heterocycles. The van der Waals surface area contributed by atoms with E-state index in [0.717, 1.165) is 12.8 Å². The number of hydrogen-bond donors (Lipinski definition) is 1. The SMILES string of the molecule is CCCCCCCCCCCCCCCC=CCCCCCCCCCCCCC(=O)O. The van der Waals surface area contributed by atoms with Crippen molar-refractivity contribution in [1.82, 2.24) is 0 Å². The molecule has 32 heavy (non-hydrogen) atoms. The van der Waals surface area contributed by atoms with Gasteiger partial charge in [-0.05, 0) is 32.1 Å². The van der Waals surface area contributed by atoms with E-state index in [1.54, 1.807) is 0 Å². The molecule has 2 nitrogen and oxygen atoms in total. The van der Waals surface area contributed by atoms with Gasteiger partial charge in [-0.3, -0.25) is 4.79 Å². The summed E-state index contributed by atoms with van der Waals surface area (Å²) >= 11 is 0. The molecule has 0 saturated heterocycles. The van der Waals surface area contributed by atoms with Crippen molar-refractivity contribution in [2.45, 2.75) is 174 Å². The van der Waals surface area contributed by atoms with Crippen LogP contribution in [0.15, 0.2) is 12.2 Å². The first kappa shape index (κ1) is 31.2. The predicted octanol–water partition coefficient (Wildman–Crippen LogP) is 10.8. The average Bonchev–Trinajstić information content (AvgIpc) is 2.78.